The average molecular weight is 221 g/mol. The summed E-state index contributed by atoms with van der Waals surface area (Å²) >= 11 is 0. The maximum absolute atomic E-state index is 9.02. The number of fused-ring (bicyclic) bond motifs is 1. The molecule has 2 N–H and O–H groups in total. The van der Waals surface area contributed by atoms with E-state index in [1.807, 2.05) is 26.0 Å². The van der Waals surface area contributed by atoms with Crippen LogP contribution >= 0.6 is 0 Å². The molecule has 88 valence electrons. The van der Waals surface area contributed by atoms with Crippen LogP contribution < -0.4 is 5.46 Å². The highest BCUT2D eigenvalue weighted by Gasteiger charge is 2.16. The van der Waals surface area contributed by atoms with Crippen LogP contribution in [0.25, 0.3) is 0 Å². The smallest absolute Gasteiger partial charge is 0.423 e. The van der Waals surface area contributed by atoms with Crippen molar-refractivity contribution in [2.24, 2.45) is 0 Å². The van der Waals surface area contributed by atoms with Gasteiger partial charge in [-0.2, -0.15) is 0 Å². The minimum atomic E-state index is -1.35. The van der Waals surface area contributed by atoms with Crippen LogP contribution in [0, 0.1) is 0 Å². The standard InChI is InChI=1S/C10H14BNO2.C2H6/c1-12-5-4-8-6-10(11(13)14)3-2-9(8)7-12;1-2/h2-3,6,13-14H,4-5,7H2,1H3;1-2H3. The molecule has 3 nitrogen and oxygen atoms in total. The predicted octanol–water partition coefficient (Wildman–Crippen LogP) is 0.381. The maximum Gasteiger partial charge on any atom is 0.488 e. The molecule has 0 amide bonds. The summed E-state index contributed by atoms with van der Waals surface area (Å²) in [6, 6.07) is 5.66. The van der Waals surface area contributed by atoms with Crippen LogP contribution in [0.2, 0.25) is 0 Å². The molecule has 0 saturated carbocycles. The molecule has 16 heavy (non-hydrogen) atoms. The van der Waals surface area contributed by atoms with Gasteiger partial charge in [0.2, 0.25) is 0 Å². The maximum atomic E-state index is 9.02. The lowest BCUT2D eigenvalue weighted by Crippen LogP contribution is -2.33. The fraction of sp³-hybridized carbons (Fsp3) is 0.500. The third-order valence-corrected chi connectivity index (χ3v) is 2.73. The van der Waals surface area contributed by atoms with E-state index in [1.54, 1.807) is 6.07 Å². The number of hydrogen-bond acceptors (Lipinski definition) is 3. The topological polar surface area (TPSA) is 43.7 Å². The number of likely N-dealkylation sites (N-methyl/N-ethyl adjacent to an activating group) is 1. The number of hydrogen-bond donors (Lipinski definition) is 2. The zero-order chi connectivity index (χ0) is 12.1. The average Bonchev–Trinajstić information content (AvgIpc) is 2.30. The molecule has 0 aliphatic carbocycles. The second-order valence-electron chi connectivity index (χ2n) is 3.89. The largest absolute Gasteiger partial charge is 0.488 e. The van der Waals surface area contributed by atoms with E-state index in [9.17, 15) is 0 Å². The number of benzene rings is 1. The van der Waals surface area contributed by atoms with Crippen molar-refractivity contribution >= 4 is 12.6 Å². The summed E-state index contributed by atoms with van der Waals surface area (Å²) in [5, 5.41) is 18.0. The highest BCUT2D eigenvalue weighted by molar-refractivity contribution is 6.58. The summed E-state index contributed by atoms with van der Waals surface area (Å²) in [5.74, 6) is 0. The van der Waals surface area contributed by atoms with Crippen LogP contribution in [0.3, 0.4) is 0 Å². The van der Waals surface area contributed by atoms with Gasteiger partial charge in [-0.25, -0.2) is 0 Å². The van der Waals surface area contributed by atoms with Crippen molar-refractivity contribution in [2.45, 2.75) is 26.8 Å². The molecule has 1 heterocycles. The molecule has 0 radical (unpaired) electrons. The molecule has 0 aromatic heterocycles. The van der Waals surface area contributed by atoms with Gasteiger partial charge >= 0.3 is 7.12 Å². The molecule has 2 rings (SSSR count). The van der Waals surface area contributed by atoms with Crippen LogP contribution in [0.5, 0.6) is 0 Å². The molecule has 0 unspecified atom stereocenters. The van der Waals surface area contributed by atoms with Gasteiger partial charge in [0.25, 0.3) is 0 Å². The van der Waals surface area contributed by atoms with E-state index in [-0.39, 0.29) is 0 Å². The molecule has 0 atom stereocenters. The zero-order valence-electron chi connectivity index (χ0n) is 10.3. The summed E-state index contributed by atoms with van der Waals surface area (Å²) < 4.78 is 0. The van der Waals surface area contributed by atoms with E-state index in [2.05, 4.69) is 11.9 Å². The SMILES string of the molecule is CC.CN1CCc2cc(B(O)O)ccc2C1. The van der Waals surface area contributed by atoms with E-state index >= 15 is 0 Å². The van der Waals surface area contributed by atoms with Gasteiger partial charge in [-0.3, -0.25) is 0 Å². The quantitative estimate of drug-likeness (QED) is 0.674. The molecule has 0 spiro atoms. The molecular formula is C12H20BNO2. The van der Waals surface area contributed by atoms with Crippen LogP contribution in [-0.2, 0) is 13.0 Å². The van der Waals surface area contributed by atoms with Gasteiger partial charge in [0.05, 0.1) is 0 Å². The van der Waals surface area contributed by atoms with Crippen LogP contribution in [0.1, 0.15) is 25.0 Å². The van der Waals surface area contributed by atoms with Gasteiger partial charge in [0.1, 0.15) is 0 Å². The first-order chi connectivity index (χ1) is 7.66. The Balaban J connectivity index is 0.000000606. The Kier molecular flexibility index (Phi) is 4.99. The van der Waals surface area contributed by atoms with E-state index in [0.29, 0.717) is 5.46 Å². The monoisotopic (exact) mass is 221 g/mol. The van der Waals surface area contributed by atoms with Crippen molar-refractivity contribution < 1.29 is 10.0 Å². The highest BCUT2D eigenvalue weighted by Crippen LogP contribution is 2.16. The van der Waals surface area contributed by atoms with Gasteiger partial charge in [-0.1, -0.05) is 32.0 Å². The molecule has 4 heteroatoms. The van der Waals surface area contributed by atoms with Crippen molar-refractivity contribution in [3.8, 4) is 0 Å². The molecule has 1 aromatic rings. The zero-order valence-corrected chi connectivity index (χ0v) is 10.3. The van der Waals surface area contributed by atoms with Gasteiger partial charge in [0, 0.05) is 13.1 Å². The summed E-state index contributed by atoms with van der Waals surface area (Å²) in [7, 11) is 0.748. The van der Waals surface area contributed by atoms with Crippen molar-refractivity contribution in [2.75, 3.05) is 13.6 Å². The molecule has 0 bridgehead atoms. The number of nitrogens with zero attached hydrogens (tertiary/aromatic N) is 1. The van der Waals surface area contributed by atoms with E-state index < -0.39 is 7.12 Å². The Bertz CT molecular complexity index is 342. The fourth-order valence-corrected chi connectivity index (χ4v) is 1.87. The van der Waals surface area contributed by atoms with Crippen molar-refractivity contribution in [1.82, 2.24) is 4.90 Å². The molecule has 0 fully saturated rings. The number of rotatable bonds is 1. The van der Waals surface area contributed by atoms with Crippen molar-refractivity contribution in [3.05, 3.63) is 29.3 Å². The van der Waals surface area contributed by atoms with E-state index in [0.717, 1.165) is 19.5 Å². The lowest BCUT2D eigenvalue weighted by molar-refractivity contribution is 0.313. The first-order valence-electron chi connectivity index (χ1n) is 5.83. The Morgan fingerprint density at radius 2 is 1.88 bits per heavy atom. The molecule has 1 aromatic carbocycles. The first kappa shape index (κ1) is 13.2. The third kappa shape index (κ3) is 3.08. The molecule has 0 saturated heterocycles. The lowest BCUT2D eigenvalue weighted by Gasteiger charge is -2.25. The molecular weight excluding hydrogens is 201 g/mol. The second-order valence-corrected chi connectivity index (χ2v) is 3.89. The minimum absolute atomic E-state index is 0.591. The van der Waals surface area contributed by atoms with Gasteiger partial charge in [-0.15, -0.1) is 0 Å². The van der Waals surface area contributed by atoms with Gasteiger partial charge in [0.15, 0.2) is 0 Å². The Morgan fingerprint density at radius 1 is 1.19 bits per heavy atom. The van der Waals surface area contributed by atoms with Crippen molar-refractivity contribution in [1.29, 1.82) is 0 Å². The third-order valence-electron chi connectivity index (χ3n) is 2.73. The Labute approximate surface area is 97.9 Å². The van der Waals surface area contributed by atoms with Crippen LogP contribution in [-0.4, -0.2) is 35.7 Å². The highest BCUT2D eigenvalue weighted by atomic mass is 16.4. The van der Waals surface area contributed by atoms with E-state index in [1.165, 1.54) is 11.1 Å². The Morgan fingerprint density at radius 3 is 2.50 bits per heavy atom. The van der Waals surface area contributed by atoms with Gasteiger partial charge in [-0.05, 0) is 30.1 Å². The summed E-state index contributed by atoms with van der Waals surface area (Å²) in [5.41, 5.74) is 3.13. The first-order valence-corrected chi connectivity index (χ1v) is 5.83. The summed E-state index contributed by atoms with van der Waals surface area (Å²) in [6.45, 7) is 6.00. The van der Waals surface area contributed by atoms with E-state index in [4.69, 9.17) is 10.0 Å². The Hall–Kier alpha value is -0.835. The normalized spacial score (nSPS) is 14.8. The summed E-state index contributed by atoms with van der Waals surface area (Å²) in [6.07, 6.45) is 0.992. The van der Waals surface area contributed by atoms with Crippen molar-refractivity contribution in [3.63, 3.8) is 0 Å². The minimum Gasteiger partial charge on any atom is -0.423 e. The van der Waals surface area contributed by atoms with Gasteiger partial charge < -0.3 is 14.9 Å². The predicted molar refractivity (Wildman–Crippen MR) is 67.7 cm³/mol. The second kappa shape index (κ2) is 6.04. The summed E-state index contributed by atoms with van der Waals surface area (Å²) in [4.78, 5) is 2.26. The molecule has 1 aliphatic heterocycles. The molecule has 1 aliphatic rings. The van der Waals surface area contributed by atoms with Crippen LogP contribution in [0.4, 0.5) is 0 Å². The lowest BCUT2D eigenvalue weighted by atomic mass is 9.78. The van der Waals surface area contributed by atoms with Crippen LogP contribution in [0.15, 0.2) is 18.2 Å². The fourth-order valence-electron chi connectivity index (χ4n) is 1.87.